The lowest BCUT2D eigenvalue weighted by Gasteiger charge is -2.34. The summed E-state index contributed by atoms with van der Waals surface area (Å²) >= 11 is 0. The lowest BCUT2D eigenvalue weighted by atomic mass is 10.1. The largest absolute Gasteiger partial charge is 0.383 e. The Morgan fingerprint density at radius 1 is 1.09 bits per heavy atom. The lowest BCUT2D eigenvalue weighted by molar-refractivity contribution is 0.137. The molecule has 0 aliphatic carbocycles. The molecule has 1 saturated heterocycles. The molecule has 1 N–H and O–H groups in total. The molecule has 8 heteroatoms. The normalized spacial score (nSPS) is 14.6. The van der Waals surface area contributed by atoms with Crippen molar-refractivity contribution >= 4 is 22.6 Å². The quantitative estimate of drug-likeness (QED) is 0.626. The molecule has 2 amide bonds. The number of hydrogen-bond donors (Lipinski definition) is 1. The number of amides is 2. The fourth-order valence-corrected chi connectivity index (χ4v) is 4.12. The Hall–Kier alpha value is -3.23. The van der Waals surface area contributed by atoms with Crippen molar-refractivity contribution in [3.05, 3.63) is 69.8 Å². The Labute approximate surface area is 193 Å². The minimum atomic E-state index is -0.0795. The molecule has 8 nitrogen and oxygen atoms in total. The van der Waals surface area contributed by atoms with Crippen LogP contribution in [0.15, 0.2) is 47.3 Å². The minimum absolute atomic E-state index is 0.0424. The third-order valence-corrected chi connectivity index (χ3v) is 6.12. The maximum absolute atomic E-state index is 13.1. The van der Waals surface area contributed by atoms with Crippen LogP contribution in [0.1, 0.15) is 17.0 Å². The number of fused-ring (bicyclic) bond motifs is 1. The van der Waals surface area contributed by atoms with Gasteiger partial charge in [-0.2, -0.15) is 0 Å². The molecule has 33 heavy (non-hydrogen) atoms. The number of piperazine rings is 1. The minimum Gasteiger partial charge on any atom is -0.383 e. The first-order chi connectivity index (χ1) is 16.0. The zero-order valence-electron chi connectivity index (χ0n) is 19.5. The second-order valence-electron chi connectivity index (χ2n) is 8.51. The zero-order valence-corrected chi connectivity index (χ0v) is 19.5. The summed E-state index contributed by atoms with van der Waals surface area (Å²) in [5, 5.41) is 3.66. The number of para-hydroxylation sites is 1. The number of carbonyl (C=O) groups is 1. The molecular weight excluding hydrogens is 418 g/mol. The van der Waals surface area contributed by atoms with E-state index in [0.29, 0.717) is 56.8 Å². The van der Waals surface area contributed by atoms with E-state index in [1.165, 1.54) is 0 Å². The average molecular weight is 450 g/mol. The lowest BCUT2D eigenvalue weighted by Crippen LogP contribution is -2.50. The van der Waals surface area contributed by atoms with Gasteiger partial charge in [-0.1, -0.05) is 24.3 Å². The molecule has 3 aromatic rings. The number of aryl methyl sites for hydroxylation is 2. The SMILES string of the molecule is COCCn1c(CN2CCN(C(=O)Nc3cc(C)ccc3C)CC2)nc2ccccc2c1=O. The summed E-state index contributed by atoms with van der Waals surface area (Å²) in [5.74, 6) is 0.726. The van der Waals surface area contributed by atoms with E-state index in [0.717, 1.165) is 22.6 Å². The van der Waals surface area contributed by atoms with E-state index in [1.807, 2.05) is 61.2 Å². The summed E-state index contributed by atoms with van der Waals surface area (Å²) in [4.78, 5) is 34.7. The van der Waals surface area contributed by atoms with Crippen LogP contribution in [-0.2, 0) is 17.8 Å². The molecular formula is C25H31N5O3. The number of carbonyl (C=O) groups excluding carboxylic acids is 1. The molecule has 1 aliphatic heterocycles. The summed E-state index contributed by atoms with van der Waals surface area (Å²) in [6.45, 7) is 8.13. The van der Waals surface area contributed by atoms with Crippen molar-refractivity contribution in [2.24, 2.45) is 0 Å². The van der Waals surface area contributed by atoms with E-state index >= 15 is 0 Å². The Morgan fingerprint density at radius 3 is 2.61 bits per heavy atom. The van der Waals surface area contributed by atoms with Gasteiger partial charge < -0.3 is 15.0 Å². The molecule has 2 aromatic carbocycles. The maximum Gasteiger partial charge on any atom is 0.321 e. The van der Waals surface area contributed by atoms with Gasteiger partial charge in [-0.05, 0) is 43.2 Å². The molecule has 4 rings (SSSR count). The summed E-state index contributed by atoms with van der Waals surface area (Å²) in [6, 6.07) is 13.4. The van der Waals surface area contributed by atoms with Crippen molar-refractivity contribution in [3.63, 3.8) is 0 Å². The second-order valence-corrected chi connectivity index (χ2v) is 8.51. The van der Waals surface area contributed by atoms with Crippen LogP contribution in [0, 0.1) is 13.8 Å². The van der Waals surface area contributed by atoms with E-state index in [4.69, 9.17) is 9.72 Å². The molecule has 174 valence electrons. The van der Waals surface area contributed by atoms with Crippen LogP contribution >= 0.6 is 0 Å². The van der Waals surface area contributed by atoms with Gasteiger partial charge in [-0.15, -0.1) is 0 Å². The molecule has 0 unspecified atom stereocenters. The first-order valence-corrected chi connectivity index (χ1v) is 11.3. The van der Waals surface area contributed by atoms with Crippen molar-refractivity contribution < 1.29 is 9.53 Å². The third kappa shape index (κ3) is 5.23. The van der Waals surface area contributed by atoms with E-state index in [-0.39, 0.29) is 11.6 Å². The van der Waals surface area contributed by atoms with Gasteiger partial charge in [0.05, 0.1) is 30.6 Å². The number of nitrogens with one attached hydrogen (secondary N) is 1. The number of urea groups is 1. The van der Waals surface area contributed by atoms with Gasteiger partial charge in [0.2, 0.25) is 0 Å². The van der Waals surface area contributed by atoms with Crippen molar-refractivity contribution in [2.75, 3.05) is 45.2 Å². The van der Waals surface area contributed by atoms with E-state index in [9.17, 15) is 9.59 Å². The van der Waals surface area contributed by atoms with Crippen LogP contribution in [-0.4, -0.2) is 65.3 Å². The number of nitrogens with zero attached hydrogens (tertiary/aromatic N) is 4. The van der Waals surface area contributed by atoms with Gasteiger partial charge in [0, 0.05) is 39.0 Å². The number of benzene rings is 2. The summed E-state index contributed by atoms with van der Waals surface area (Å²) in [6.07, 6.45) is 0. The third-order valence-electron chi connectivity index (χ3n) is 6.12. The molecule has 1 aromatic heterocycles. The zero-order chi connectivity index (χ0) is 23.4. The molecule has 0 atom stereocenters. The number of anilines is 1. The predicted octanol–water partition coefficient (Wildman–Crippen LogP) is 3.01. The average Bonchev–Trinajstić information content (AvgIpc) is 2.82. The monoisotopic (exact) mass is 449 g/mol. The van der Waals surface area contributed by atoms with E-state index < -0.39 is 0 Å². The Bertz CT molecular complexity index is 1200. The number of aromatic nitrogens is 2. The predicted molar refractivity (Wildman–Crippen MR) is 130 cm³/mol. The van der Waals surface area contributed by atoms with Gasteiger partial charge in [-0.3, -0.25) is 14.3 Å². The molecule has 0 radical (unpaired) electrons. The number of methoxy groups -OCH3 is 1. The van der Waals surface area contributed by atoms with E-state index in [1.54, 1.807) is 11.7 Å². The van der Waals surface area contributed by atoms with Crippen LogP contribution in [0.4, 0.5) is 10.5 Å². The number of hydrogen-bond acceptors (Lipinski definition) is 5. The smallest absolute Gasteiger partial charge is 0.321 e. The van der Waals surface area contributed by atoms with E-state index in [2.05, 4.69) is 10.2 Å². The number of ether oxygens (including phenoxy) is 1. The molecule has 1 fully saturated rings. The van der Waals surface area contributed by atoms with Gasteiger partial charge >= 0.3 is 6.03 Å². The summed E-state index contributed by atoms with van der Waals surface area (Å²) in [7, 11) is 1.63. The van der Waals surface area contributed by atoms with Gasteiger partial charge in [0.1, 0.15) is 5.82 Å². The fourth-order valence-electron chi connectivity index (χ4n) is 4.12. The highest BCUT2D eigenvalue weighted by molar-refractivity contribution is 5.90. The number of rotatable bonds is 6. The van der Waals surface area contributed by atoms with Crippen molar-refractivity contribution in [2.45, 2.75) is 26.9 Å². The molecule has 0 saturated carbocycles. The van der Waals surface area contributed by atoms with Crippen LogP contribution in [0.3, 0.4) is 0 Å². The first-order valence-electron chi connectivity index (χ1n) is 11.3. The highest BCUT2D eigenvalue weighted by Gasteiger charge is 2.23. The molecule has 0 bridgehead atoms. The Kier molecular flexibility index (Phi) is 7.05. The van der Waals surface area contributed by atoms with Crippen LogP contribution < -0.4 is 10.9 Å². The topological polar surface area (TPSA) is 79.7 Å². The van der Waals surface area contributed by atoms with Gasteiger partial charge in [-0.25, -0.2) is 9.78 Å². The van der Waals surface area contributed by atoms with Crippen molar-refractivity contribution in [1.82, 2.24) is 19.4 Å². The maximum atomic E-state index is 13.1. The van der Waals surface area contributed by atoms with Crippen LogP contribution in [0.2, 0.25) is 0 Å². The fraction of sp³-hybridized carbons (Fsp3) is 0.400. The molecule has 0 spiro atoms. The standard InChI is InChI=1S/C25H31N5O3/c1-18-8-9-19(2)22(16-18)27-25(32)29-12-10-28(11-13-29)17-23-26-21-7-5-4-6-20(21)24(31)30(23)14-15-33-3/h4-9,16H,10-15,17H2,1-3H3,(H,27,32). The van der Waals surface area contributed by atoms with Crippen molar-refractivity contribution in [3.8, 4) is 0 Å². The highest BCUT2D eigenvalue weighted by Crippen LogP contribution is 2.18. The van der Waals surface area contributed by atoms with Crippen LogP contribution in [0.25, 0.3) is 10.9 Å². The Balaban J connectivity index is 1.44. The van der Waals surface area contributed by atoms with Gasteiger partial charge in [0.15, 0.2) is 0 Å². The summed E-state index contributed by atoms with van der Waals surface area (Å²) < 4.78 is 6.92. The van der Waals surface area contributed by atoms with Gasteiger partial charge in [0.25, 0.3) is 5.56 Å². The van der Waals surface area contributed by atoms with Crippen LogP contribution in [0.5, 0.6) is 0 Å². The van der Waals surface area contributed by atoms with Crippen molar-refractivity contribution in [1.29, 1.82) is 0 Å². The Morgan fingerprint density at radius 2 is 1.85 bits per heavy atom. The summed E-state index contributed by atoms with van der Waals surface area (Å²) in [5.41, 5.74) is 3.67. The molecule has 2 heterocycles. The first kappa shape index (κ1) is 22.9. The molecule has 1 aliphatic rings. The second kappa shape index (κ2) is 10.1. The highest BCUT2D eigenvalue weighted by atomic mass is 16.5.